The summed E-state index contributed by atoms with van der Waals surface area (Å²) >= 11 is 0. The van der Waals surface area contributed by atoms with Gasteiger partial charge in [-0.3, -0.25) is 0 Å². The van der Waals surface area contributed by atoms with Crippen LogP contribution in [-0.2, 0) is 10.0 Å². The number of sulfonamides is 1. The zero-order valence-electron chi connectivity index (χ0n) is 9.81. The van der Waals surface area contributed by atoms with Gasteiger partial charge in [-0.25, -0.2) is 8.42 Å². The fourth-order valence-electron chi connectivity index (χ4n) is 1.36. The van der Waals surface area contributed by atoms with E-state index in [1.165, 1.54) is 31.3 Å². The minimum atomic E-state index is -3.77. The van der Waals surface area contributed by atoms with E-state index in [2.05, 4.69) is 0 Å². The molecular weight excluding hydrogens is 256 g/mol. The molecular formula is C11H14N2O4S. The second-order valence-electron chi connectivity index (χ2n) is 3.76. The summed E-state index contributed by atoms with van der Waals surface area (Å²) in [5, 5.41) is 26.6. The number of hydrogen-bond donors (Lipinski definition) is 2. The molecule has 0 fully saturated rings. The molecule has 0 aliphatic heterocycles. The summed E-state index contributed by atoms with van der Waals surface area (Å²) in [5.41, 5.74) is 0.243. The molecule has 0 aliphatic carbocycles. The quantitative estimate of drug-likeness (QED) is 0.753. The number of nitrogens with zero attached hydrogens (tertiary/aromatic N) is 2. The third-order valence-electron chi connectivity index (χ3n) is 2.35. The molecule has 0 aromatic heterocycles. The molecule has 0 aliphatic rings. The number of benzene rings is 1. The van der Waals surface area contributed by atoms with E-state index in [1.807, 2.05) is 6.07 Å². The molecule has 18 heavy (non-hydrogen) atoms. The van der Waals surface area contributed by atoms with Crippen molar-refractivity contribution in [3.8, 4) is 6.07 Å². The van der Waals surface area contributed by atoms with E-state index in [9.17, 15) is 13.5 Å². The number of rotatable bonds is 5. The second-order valence-corrected chi connectivity index (χ2v) is 5.81. The normalized spacial score (nSPS) is 13.3. The molecule has 0 radical (unpaired) electrons. The van der Waals surface area contributed by atoms with Crippen LogP contribution in [0.25, 0.3) is 0 Å². The van der Waals surface area contributed by atoms with E-state index in [1.54, 1.807) is 0 Å². The summed E-state index contributed by atoms with van der Waals surface area (Å²) in [7, 11) is -2.47. The van der Waals surface area contributed by atoms with Crippen molar-refractivity contribution >= 4 is 10.0 Å². The molecule has 98 valence electrons. The van der Waals surface area contributed by atoms with Crippen LogP contribution in [0.15, 0.2) is 29.2 Å². The van der Waals surface area contributed by atoms with Crippen molar-refractivity contribution in [3.63, 3.8) is 0 Å². The van der Waals surface area contributed by atoms with Crippen LogP contribution in [0.2, 0.25) is 0 Å². The van der Waals surface area contributed by atoms with Crippen molar-refractivity contribution in [2.45, 2.75) is 11.0 Å². The lowest BCUT2D eigenvalue weighted by Gasteiger charge is -2.19. The Labute approximate surface area is 106 Å². The molecule has 0 bridgehead atoms. The number of aliphatic hydroxyl groups is 2. The van der Waals surface area contributed by atoms with Crippen molar-refractivity contribution in [1.29, 1.82) is 5.26 Å². The van der Waals surface area contributed by atoms with Gasteiger partial charge in [0.15, 0.2) is 0 Å². The van der Waals surface area contributed by atoms with Crippen LogP contribution in [0.5, 0.6) is 0 Å². The van der Waals surface area contributed by atoms with Gasteiger partial charge in [-0.2, -0.15) is 9.57 Å². The molecule has 1 rings (SSSR count). The Bertz CT molecular complexity index is 550. The molecule has 0 heterocycles. The molecule has 1 unspecified atom stereocenters. The summed E-state index contributed by atoms with van der Waals surface area (Å²) in [4.78, 5) is -0.0193. The zero-order chi connectivity index (χ0) is 13.8. The monoisotopic (exact) mass is 270 g/mol. The molecule has 0 amide bonds. The lowest BCUT2D eigenvalue weighted by atomic mass is 10.2. The average molecular weight is 270 g/mol. The Balaban J connectivity index is 3.02. The highest BCUT2D eigenvalue weighted by Crippen LogP contribution is 2.15. The third-order valence-corrected chi connectivity index (χ3v) is 4.17. The van der Waals surface area contributed by atoms with Gasteiger partial charge in [-0.1, -0.05) is 6.07 Å². The van der Waals surface area contributed by atoms with Gasteiger partial charge in [0.25, 0.3) is 0 Å². The Hall–Kier alpha value is -1.46. The Morgan fingerprint density at radius 3 is 2.72 bits per heavy atom. The van der Waals surface area contributed by atoms with Crippen LogP contribution in [0.1, 0.15) is 5.56 Å². The van der Waals surface area contributed by atoms with Crippen molar-refractivity contribution in [1.82, 2.24) is 4.31 Å². The van der Waals surface area contributed by atoms with Crippen molar-refractivity contribution in [3.05, 3.63) is 29.8 Å². The van der Waals surface area contributed by atoms with E-state index in [4.69, 9.17) is 10.4 Å². The molecule has 1 aromatic carbocycles. The number of hydrogen-bond acceptors (Lipinski definition) is 5. The SMILES string of the molecule is CN(CC(O)CO)S(=O)(=O)c1cccc(C#N)c1. The first kappa shape index (κ1) is 14.6. The van der Waals surface area contributed by atoms with Crippen molar-refractivity contribution in [2.24, 2.45) is 0 Å². The number of nitriles is 1. The van der Waals surface area contributed by atoms with E-state index in [0.717, 1.165) is 4.31 Å². The minimum Gasteiger partial charge on any atom is -0.394 e. The van der Waals surface area contributed by atoms with E-state index in [-0.39, 0.29) is 17.0 Å². The van der Waals surface area contributed by atoms with Gasteiger partial charge in [-0.15, -0.1) is 0 Å². The Morgan fingerprint density at radius 2 is 2.17 bits per heavy atom. The summed E-state index contributed by atoms with van der Waals surface area (Å²) in [6.07, 6.45) is -1.14. The van der Waals surface area contributed by atoms with Crippen LogP contribution in [-0.4, -0.2) is 49.2 Å². The van der Waals surface area contributed by atoms with Crippen LogP contribution in [0.3, 0.4) is 0 Å². The summed E-state index contributed by atoms with van der Waals surface area (Å²) in [5.74, 6) is 0. The highest BCUT2D eigenvalue weighted by atomic mass is 32.2. The van der Waals surface area contributed by atoms with Crippen LogP contribution in [0.4, 0.5) is 0 Å². The van der Waals surface area contributed by atoms with Crippen LogP contribution >= 0.6 is 0 Å². The highest BCUT2D eigenvalue weighted by Gasteiger charge is 2.22. The predicted molar refractivity (Wildman–Crippen MR) is 64.1 cm³/mol. The maximum absolute atomic E-state index is 12.1. The first-order chi connectivity index (χ1) is 8.41. The summed E-state index contributed by atoms with van der Waals surface area (Å²) in [6, 6.07) is 7.47. The van der Waals surface area contributed by atoms with Gasteiger partial charge in [0.05, 0.1) is 29.2 Å². The third kappa shape index (κ3) is 3.27. The standard InChI is InChI=1S/C11H14N2O4S/c1-13(7-10(15)8-14)18(16,17)11-4-2-3-9(5-11)6-12/h2-5,10,14-15H,7-8H2,1H3. The predicted octanol–water partition coefficient (Wildman–Crippen LogP) is -0.468. The first-order valence-electron chi connectivity index (χ1n) is 5.17. The largest absolute Gasteiger partial charge is 0.394 e. The fraction of sp³-hybridized carbons (Fsp3) is 0.364. The van der Waals surface area contributed by atoms with Gasteiger partial charge in [0.1, 0.15) is 0 Å². The number of aliphatic hydroxyl groups excluding tert-OH is 2. The lowest BCUT2D eigenvalue weighted by molar-refractivity contribution is 0.0826. The Kier molecular flexibility index (Phi) is 4.81. The lowest BCUT2D eigenvalue weighted by Crippen LogP contribution is -2.35. The van der Waals surface area contributed by atoms with Gasteiger partial charge in [-0.05, 0) is 18.2 Å². The van der Waals surface area contributed by atoms with Gasteiger partial charge in [0.2, 0.25) is 10.0 Å². The van der Waals surface area contributed by atoms with E-state index in [0.29, 0.717) is 0 Å². The molecule has 1 aromatic rings. The molecule has 2 N–H and O–H groups in total. The molecule has 0 saturated carbocycles. The zero-order valence-corrected chi connectivity index (χ0v) is 10.6. The number of likely N-dealkylation sites (N-methyl/N-ethyl adjacent to an activating group) is 1. The molecule has 0 saturated heterocycles. The maximum Gasteiger partial charge on any atom is 0.242 e. The second kappa shape index (κ2) is 5.93. The van der Waals surface area contributed by atoms with Gasteiger partial charge in [0, 0.05) is 13.6 Å². The minimum absolute atomic E-state index is 0.0193. The van der Waals surface area contributed by atoms with E-state index < -0.39 is 22.7 Å². The molecule has 0 spiro atoms. The van der Waals surface area contributed by atoms with Gasteiger partial charge < -0.3 is 10.2 Å². The van der Waals surface area contributed by atoms with Crippen molar-refractivity contribution in [2.75, 3.05) is 20.2 Å². The highest BCUT2D eigenvalue weighted by molar-refractivity contribution is 7.89. The van der Waals surface area contributed by atoms with Gasteiger partial charge >= 0.3 is 0 Å². The smallest absolute Gasteiger partial charge is 0.242 e. The first-order valence-corrected chi connectivity index (χ1v) is 6.61. The molecule has 7 heteroatoms. The summed E-state index contributed by atoms with van der Waals surface area (Å²) < 4.78 is 25.1. The average Bonchev–Trinajstić information content (AvgIpc) is 2.38. The Morgan fingerprint density at radius 1 is 1.50 bits per heavy atom. The molecule has 1 atom stereocenters. The summed E-state index contributed by atoms with van der Waals surface area (Å²) in [6.45, 7) is -0.728. The molecule has 6 nitrogen and oxygen atoms in total. The maximum atomic E-state index is 12.1. The fourth-order valence-corrected chi connectivity index (χ4v) is 2.61. The topological polar surface area (TPSA) is 102 Å². The van der Waals surface area contributed by atoms with Crippen molar-refractivity contribution < 1.29 is 18.6 Å². The van der Waals surface area contributed by atoms with E-state index >= 15 is 0 Å². The van der Waals surface area contributed by atoms with Crippen LogP contribution < -0.4 is 0 Å². The van der Waals surface area contributed by atoms with Crippen LogP contribution in [0, 0.1) is 11.3 Å².